The standard InChI is InChI=1S/C10H14O4/c1-13-9(12)10-3-2-8(11)4-7(10)5-14-6-10/h7H,2-6H2,1H3. The third kappa shape index (κ3) is 1.25. The van der Waals surface area contributed by atoms with Gasteiger partial charge in [0.25, 0.3) is 0 Å². The van der Waals surface area contributed by atoms with Crippen molar-refractivity contribution >= 4 is 11.8 Å². The van der Waals surface area contributed by atoms with Gasteiger partial charge >= 0.3 is 5.97 Å². The molecular weight excluding hydrogens is 184 g/mol. The van der Waals surface area contributed by atoms with Crippen LogP contribution in [0.1, 0.15) is 19.3 Å². The summed E-state index contributed by atoms with van der Waals surface area (Å²) in [6.07, 6.45) is 1.53. The number of Topliss-reactive ketones (excluding diaryl/α,β-unsaturated/α-hetero) is 1. The van der Waals surface area contributed by atoms with Crippen molar-refractivity contribution in [3.05, 3.63) is 0 Å². The number of rotatable bonds is 1. The van der Waals surface area contributed by atoms with Crippen molar-refractivity contribution in [3.63, 3.8) is 0 Å². The molecule has 0 aromatic carbocycles. The second kappa shape index (κ2) is 3.35. The summed E-state index contributed by atoms with van der Waals surface area (Å²) in [5.41, 5.74) is -0.525. The van der Waals surface area contributed by atoms with E-state index in [4.69, 9.17) is 9.47 Å². The predicted octanol–water partition coefficient (Wildman–Crippen LogP) is 0.545. The zero-order valence-electron chi connectivity index (χ0n) is 8.25. The second-order valence-corrected chi connectivity index (χ2v) is 4.10. The Morgan fingerprint density at radius 3 is 3.14 bits per heavy atom. The zero-order chi connectivity index (χ0) is 10.2. The van der Waals surface area contributed by atoms with E-state index in [0.29, 0.717) is 32.5 Å². The van der Waals surface area contributed by atoms with Gasteiger partial charge in [-0.1, -0.05) is 0 Å². The van der Waals surface area contributed by atoms with E-state index < -0.39 is 5.41 Å². The van der Waals surface area contributed by atoms with Crippen LogP contribution in [0.4, 0.5) is 0 Å². The number of carbonyl (C=O) groups excluding carboxylic acids is 2. The minimum Gasteiger partial charge on any atom is -0.469 e. The van der Waals surface area contributed by atoms with Crippen molar-refractivity contribution in [3.8, 4) is 0 Å². The van der Waals surface area contributed by atoms with Gasteiger partial charge in [-0.05, 0) is 6.42 Å². The van der Waals surface area contributed by atoms with E-state index in [0.717, 1.165) is 0 Å². The average Bonchev–Trinajstić information content (AvgIpc) is 2.60. The molecule has 0 amide bonds. The maximum Gasteiger partial charge on any atom is 0.314 e. The summed E-state index contributed by atoms with van der Waals surface area (Å²) in [7, 11) is 1.39. The van der Waals surface area contributed by atoms with Crippen molar-refractivity contribution in [1.29, 1.82) is 0 Å². The molecule has 2 unspecified atom stereocenters. The summed E-state index contributed by atoms with van der Waals surface area (Å²) >= 11 is 0. The number of hydrogen-bond donors (Lipinski definition) is 0. The van der Waals surface area contributed by atoms with Gasteiger partial charge in [0.15, 0.2) is 0 Å². The van der Waals surface area contributed by atoms with Gasteiger partial charge in [-0.25, -0.2) is 0 Å². The quantitative estimate of drug-likeness (QED) is 0.577. The van der Waals surface area contributed by atoms with Gasteiger partial charge in [-0.15, -0.1) is 0 Å². The Morgan fingerprint density at radius 2 is 2.43 bits per heavy atom. The van der Waals surface area contributed by atoms with Gasteiger partial charge < -0.3 is 9.47 Å². The van der Waals surface area contributed by atoms with Crippen LogP contribution in [0, 0.1) is 11.3 Å². The highest BCUT2D eigenvalue weighted by atomic mass is 16.5. The minimum atomic E-state index is -0.525. The molecule has 4 heteroatoms. The van der Waals surface area contributed by atoms with Crippen LogP contribution in [0.5, 0.6) is 0 Å². The van der Waals surface area contributed by atoms with E-state index in [-0.39, 0.29) is 17.7 Å². The molecule has 0 radical (unpaired) electrons. The molecule has 0 bridgehead atoms. The van der Waals surface area contributed by atoms with Crippen LogP contribution < -0.4 is 0 Å². The number of methoxy groups -OCH3 is 1. The van der Waals surface area contributed by atoms with Crippen molar-refractivity contribution in [2.75, 3.05) is 20.3 Å². The molecule has 1 saturated heterocycles. The Hall–Kier alpha value is -0.900. The number of hydrogen-bond acceptors (Lipinski definition) is 4. The highest BCUT2D eigenvalue weighted by Crippen LogP contribution is 2.45. The van der Waals surface area contributed by atoms with Crippen LogP contribution in [0.3, 0.4) is 0 Å². The van der Waals surface area contributed by atoms with Crippen LogP contribution in [-0.4, -0.2) is 32.1 Å². The van der Waals surface area contributed by atoms with E-state index >= 15 is 0 Å². The zero-order valence-corrected chi connectivity index (χ0v) is 8.25. The lowest BCUT2D eigenvalue weighted by Gasteiger charge is -2.33. The number of ketones is 1. The van der Waals surface area contributed by atoms with Gasteiger partial charge in [0.05, 0.1) is 25.7 Å². The largest absolute Gasteiger partial charge is 0.469 e. The monoisotopic (exact) mass is 198 g/mol. The normalized spacial score (nSPS) is 36.6. The molecule has 2 aliphatic rings. The molecule has 4 nitrogen and oxygen atoms in total. The summed E-state index contributed by atoms with van der Waals surface area (Å²) in [4.78, 5) is 22.9. The molecule has 0 N–H and O–H groups in total. The molecular formula is C10H14O4. The fourth-order valence-electron chi connectivity index (χ4n) is 2.46. The Bertz CT molecular complexity index is 273. The average molecular weight is 198 g/mol. The molecule has 1 aliphatic heterocycles. The molecule has 1 saturated carbocycles. The lowest BCUT2D eigenvalue weighted by Crippen LogP contribution is -2.43. The summed E-state index contributed by atoms with van der Waals surface area (Å²) in [5.74, 6) is 0.0590. The summed E-state index contributed by atoms with van der Waals surface area (Å²) < 4.78 is 10.1. The summed E-state index contributed by atoms with van der Waals surface area (Å²) in [5, 5.41) is 0. The first kappa shape index (κ1) is 9.65. The molecule has 2 rings (SSSR count). The van der Waals surface area contributed by atoms with Crippen LogP contribution in [0.15, 0.2) is 0 Å². The van der Waals surface area contributed by atoms with Gasteiger partial charge in [-0.3, -0.25) is 9.59 Å². The Kier molecular flexibility index (Phi) is 2.31. The van der Waals surface area contributed by atoms with Crippen molar-refractivity contribution in [2.24, 2.45) is 11.3 Å². The van der Waals surface area contributed by atoms with E-state index in [1.807, 2.05) is 0 Å². The van der Waals surface area contributed by atoms with Gasteiger partial charge in [0.1, 0.15) is 5.78 Å². The van der Waals surface area contributed by atoms with E-state index in [1.165, 1.54) is 7.11 Å². The fraction of sp³-hybridized carbons (Fsp3) is 0.800. The molecule has 14 heavy (non-hydrogen) atoms. The Morgan fingerprint density at radius 1 is 1.64 bits per heavy atom. The van der Waals surface area contributed by atoms with Gasteiger partial charge in [-0.2, -0.15) is 0 Å². The Balaban J connectivity index is 2.23. The molecule has 78 valence electrons. The molecule has 0 aromatic heterocycles. The molecule has 0 spiro atoms. The van der Waals surface area contributed by atoms with Crippen LogP contribution in [-0.2, 0) is 19.1 Å². The van der Waals surface area contributed by atoms with Crippen molar-refractivity contribution in [1.82, 2.24) is 0 Å². The third-order valence-electron chi connectivity index (χ3n) is 3.38. The van der Waals surface area contributed by atoms with Crippen LogP contribution in [0.25, 0.3) is 0 Å². The van der Waals surface area contributed by atoms with Crippen LogP contribution >= 0.6 is 0 Å². The first-order valence-electron chi connectivity index (χ1n) is 4.87. The SMILES string of the molecule is COC(=O)C12CCC(=O)CC1COC2. The smallest absolute Gasteiger partial charge is 0.314 e. The topological polar surface area (TPSA) is 52.6 Å². The fourth-order valence-corrected chi connectivity index (χ4v) is 2.46. The lowest BCUT2D eigenvalue weighted by atomic mass is 9.68. The Labute approximate surface area is 82.6 Å². The highest BCUT2D eigenvalue weighted by Gasteiger charge is 2.53. The van der Waals surface area contributed by atoms with E-state index in [9.17, 15) is 9.59 Å². The van der Waals surface area contributed by atoms with Gasteiger partial charge in [0, 0.05) is 18.8 Å². The van der Waals surface area contributed by atoms with E-state index in [1.54, 1.807) is 0 Å². The van der Waals surface area contributed by atoms with Gasteiger partial charge in [0.2, 0.25) is 0 Å². The molecule has 1 aliphatic carbocycles. The predicted molar refractivity (Wildman–Crippen MR) is 47.6 cm³/mol. The lowest BCUT2D eigenvalue weighted by molar-refractivity contribution is -0.157. The third-order valence-corrected chi connectivity index (χ3v) is 3.38. The maximum absolute atomic E-state index is 11.7. The number of carbonyl (C=O) groups is 2. The highest BCUT2D eigenvalue weighted by molar-refractivity contribution is 5.85. The summed E-state index contributed by atoms with van der Waals surface area (Å²) in [6.45, 7) is 0.929. The molecule has 2 atom stereocenters. The van der Waals surface area contributed by atoms with Crippen LogP contribution in [0.2, 0.25) is 0 Å². The van der Waals surface area contributed by atoms with E-state index in [2.05, 4.69) is 0 Å². The molecule has 2 fully saturated rings. The number of fused-ring (bicyclic) bond motifs is 1. The molecule has 1 heterocycles. The maximum atomic E-state index is 11.7. The number of esters is 1. The first-order valence-corrected chi connectivity index (χ1v) is 4.87. The van der Waals surface area contributed by atoms with Crippen molar-refractivity contribution < 1.29 is 19.1 Å². The molecule has 0 aromatic rings. The minimum absolute atomic E-state index is 0.0381. The summed E-state index contributed by atoms with van der Waals surface area (Å²) in [6, 6.07) is 0. The number of ether oxygens (including phenoxy) is 2. The first-order chi connectivity index (χ1) is 6.69. The second-order valence-electron chi connectivity index (χ2n) is 4.10. The van der Waals surface area contributed by atoms with Crippen molar-refractivity contribution in [2.45, 2.75) is 19.3 Å².